The molecule has 20 heavy (non-hydrogen) atoms. The van der Waals surface area contributed by atoms with Crippen molar-refractivity contribution < 1.29 is 0 Å². The van der Waals surface area contributed by atoms with E-state index in [-0.39, 0.29) is 0 Å². The van der Waals surface area contributed by atoms with Gasteiger partial charge in [-0.05, 0) is 23.9 Å². The molecule has 0 atom stereocenters. The zero-order valence-electron chi connectivity index (χ0n) is 10.3. The van der Waals surface area contributed by atoms with Gasteiger partial charge in [-0.15, -0.1) is 22.7 Å². The Hall–Kier alpha value is -1.41. The predicted molar refractivity (Wildman–Crippen MR) is 84.7 cm³/mol. The molecule has 4 nitrogen and oxygen atoms in total. The number of benzene rings is 1. The van der Waals surface area contributed by atoms with Gasteiger partial charge in [-0.2, -0.15) is 0 Å². The summed E-state index contributed by atoms with van der Waals surface area (Å²) in [5.41, 5.74) is 7.95. The summed E-state index contributed by atoms with van der Waals surface area (Å²) >= 11 is 4.91. The molecule has 0 saturated carbocycles. The number of para-hydroxylation sites is 1. The fourth-order valence-electron chi connectivity index (χ4n) is 2.06. The van der Waals surface area contributed by atoms with Crippen LogP contribution in [0.3, 0.4) is 0 Å². The van der Waals surface area contributed by atoms with Crippen molar-refractivity contribution in [2.45, 2.75) is 15.9 Å². The Labute approximate surface area is 127 Å². The first kappa shape index (κ1) is 12.3. The minimum absolute atomic E-state index is 0.477. The summed E-state index contributed by atoms with van der Waals surface area (Å²) < 4.78 is 4.26. The smallest absolute Gasteiger partial charge is 0.194 e. The number of imidazole rings is 1. The van der Waals surface area contributed by atoms with E-state index in [0.717, 1.165) is 25.5 Å². The number of hydrogen-bond acceptors (Lipinski definition) is 6. The summed E-state index contributed by atoms with van der Waals surface area (Å²) in [6.45, 7) is 0.477. The molecule has 0 bridgehead atoms. The standard InChI is InChI=1S/C13H10N4S3/c14-7-9-11(16-12-17(9)5-6-18-12)20-13-15-8-3-1-2-4-10(8)19-13/h1-6H,7,14H2. The van der Waals surface area contributed by atoms with Crippen molar-refractivity contribution >= 4 is 49.6 Å². The second-order valence-corrected chi connectivity index (χ2v) is 7.31. The number of rotatable bonds is 3. The van der Waals surface area contributed by atoms with Crippen LogP contribution in [0.25, 0.3) is 15.2 Å². The molecule has 0 radical (unpaired) electrons. The van der Waals surface area contributed by atoms with Gasteiger partial charge < -0.3 is 5.73 Å². The van der Waals surface area contributed by atoms with Crippen molar-refractivity contribution in [1.82, 2.24) is 14.4 Å². The van der Waals surface area contributed by atoms with Gasteiger partial charge in [0, 0.05) is 18.1 Å². The summed E-state index contributed by atoms with van der Waals surface area (Å²) in [6, 6.07) is 8.17. The molecule has 0 aliphatic rings. The van der Waals surface area contributed by atoms with Crippen LogP contribution in [0, 0.1) is 0 Å². The van der Waals surface area contributed by atoms with Crippen LogP contribution in [-0.4, -0.2) is 14.4 Å². The summed E-state index contributed by atoms with van der Waals surface area (Å²) in [5.74, 6) is 0. The molecule has 0 amide bonds. The monoisotopic (exact) mass is 318 g/mol. The van der Waals surface area contributed by atoms with E-state index in [1.165, 1.54) is 4.70 Å². The van der Waals surface area contributed by atoms with Crippen molar-refractivity contribution in [3.63, 3.8) is 0 Å². The predicted octanol–water partition coefficient (Wildman–Crippen LogP) is 3.62. The van der Waals surface area contributed by atoms with Gasteiger partial charge in [-0.25, -0.2) is 9.97 Å². The van der Waals surface area contributed by atoms with E-state index < -0.39 is 0 Å². The first-order chi connectivity index (χ1) is 9.85. The van der Waals surface area contributed by atoms with Crippen LogP contribution >= 0.6 is 34.4 Å². The third-order valence-electron chi connectivity index (χ3n) is 2.98. The van der Waals surface area contributed by atoms with Gasteiger partial charge in [0.1, 0.15) is 5.03 Å². The topological polar surface area (TPSA) is 56.2 Å². The highest BCUT2D eigenvalue weighted by molar-refractivity contribution is 8.01. The van der Waals surface area contributed by atoms with Crippen molar-refractivity contribution in [2.24, 2.45) is 5.73 Å². The molecule has 4 aromatic rings. The molecule has 0 aliphatic heterocycles. The molecule has 0 spiro atoms. The zero-order chi connectivity index (χ0) is 13.5. The molecule has 100 valence electrons. The number of thiazole rings is 2. The van der Waals surface area contributed by atoms with E-state index in [0.29, 0.717) is 6.54 Å². The molecular weight excluding hydrogens is 308 g/mol. The van der Waals surface area contributed by atoms with Gasteiger partial charge in [0.15, 0.2) is 9.30 Å². The van der Waals surface area contributed by atoms with Crippen molar-refractivity contribution in [2.75, 3.05) is 0 Å². The summed E-state index contributed by atoms with van der Waals surface area (Å²) in [4.78, 5) is 10.3. The van der Waals surface area contributed by atoms with Crippen LogP contribution in [0.5, 0.6) is 0 Å². The van der Waals surface area contributed by atoms with Crippen LogP contribution in [-0.2, 0) is 6.54 Å². The van der Waals surface area contributed by atoms with Crippen molar-refractivity contribution in [1.29, 1.82) is 0 Å². The maximum Gasteiger partial charge on any atom is 0.194 e. The van der Waals surface area contributed by atoms with E-state index >= 15 is 0 Å². The molecule has 3 heterocycles. The van der Waals surface area contributed by atoms with Crippen molar-refractivity contribution in [3.05, 3.63) is 41.5 Å². The Morgan fingerprint density at radius 1 is 1.25 bits per heavy atom. The molecule has 4 rings (SSSR count). The van der Waals surface area contributed by atoms with Gasteiger partial charge >= 0.3 is 0 Å². The van der Waals surface area contributed by atoms with E-state index in [1.54, 1.807) is 34.4 Å². The highest BCUT2D eigenvalue weighted by Crippen LogP contribution is 2.36. The number of aromatic nitrogens is 3. The maximum absolute atomic E-state index is 5.86. The van der Waals surface area contributed by atoms with Crippen LogP contribution in [0.2, 0.25) is 0 Å². The minimum Gasteiger partial charge on any atom is -0.325 e. The Morgan fingerprint density at radius 2 is 2.15 bits per heavy atom. The van der Waals surface area contributed by atoms with Gasteiger partial charge in [-0.1, -0.05) is 12.1 Å². The van der Waals surface area contributed by atoms with Gasteiger partial charge in [0.05, 0.1) is 15.9 Å². The Bertz CT molecular complexity index is 856. The lowest BCUT2D eigenvalue weighted by Gasteiger charge is -1.97. The maximum atomic E-state index is 5.86. The van der Waals surface area contributed by atoms with Crippen LogP contribution in [0.4, 0.5) is 0 Å². The molecule has 3 aromatic heterocycles. The van der Waals surface area contributed by atoms with Gasteiger partial charge in [-0.3, -0.25) is 4.40 Å². The molecule has 1 aromatic carbocycles. The minimum atomic E-state index is 0.477. The summed E-state index contributed by atoms with van der Waals surface area (Å²) in [7, 11) is 0. The zero-order valence-corrected chi connectivity index (χ0v) is 12.8. The van der Waals surface area contributed by atoms with Crippen molar-refractivity contribution in [3.8, 4) is 0 Å². The molecule has 0 unspecified atom stereocenters. The number of hydrogen-bond donors (Lipinski definition) is 1. The van der Waals surface area contributed by atoms with Crippen LogP contribution in [0.1, 0.15) is 5.69 Å². The molecule has 0 saturated heterocycles. The van der Waals surface area contributed by atoms with Gasteiger partial charge in [0.25, 0.3) is 0 Å². The molecule has 2 N–H and O–H groups in total. The largest absolute Gasteiger partial charge is 0.325 e. The molecule has 0 fully saturated rings. The lowest BCUT2D eigenvalue weighted by atomic mass is 10.3. The second kappa shape index (κ2) is 4.85. The Morgan fingerprint density at radius 3 is 3.00 bits per heavy atom. The normalized spacial score (nSPS) is 11.7. The summed E-state index contributed by atoms with van der Waals surface area (Å²) in [6.07, 6.45) is 2.01. The van der Waals surface area contributed by atoms with Gasteiger partial charge in [0.2, 0.25) is 0 Å². The first-order valence-electron chi connectivity index (χ1n) is 6.03. The van der Waals surface area contributed by atoms with Crippen LogP contribution < -0.4 is 5.73 Å². The molecule has 7 heteroatoms. The highest BCUT2D eigenvalue weighted by Gasteiger charge is 2.15. The fourth-order valence-corrected chi connectivity index (χ4v) is 4.96. The fraction of sp³-hybridized carbons (Fsp3) is 0.0769. The third-order valence-corrected chi connectivity index (χ3v) is 5.85. The highest BCUT2D eigenvalue weighted by atomic mass is 32.2. The van der Waals surface area contributed by atoms with E-state index in [1.807, 2.05) is 29.8 Å². The van der Waals surface area contributed by atoms with E-state index in [9.17, 15) is 0 Å². The average Bonchev–Trinajstić information content (AvgIpc) is 3.11. The average molecular weight is 318 g/mol. The number of nitrogens with two attached hydrogens (primary N) is 1. The third kappa shape index (κ3) is 1.94. The van der Waals surface area contributed by atoms with E-state index in [2.05, 4.69) is 20.4 Å². The van der Waals surface area contributed by atoms with E-state index in [4.69, 9.17) is 5.73 Å². The van der Waals surface area contributed by atoms with Crippen LogP contribution in [0.15, 0.2) is 45.2 Å². The Kier molecular flexibility index (Phi) is 2.99. The number of nitrogens with zero attached hydrogens (tertiary/aromatic N) is 3. The second-order valence-electron chi connectivity index (χ2n) is 4.17. The first-order valence-corrected chi connectivity index (χ1v) is 8.54. The lowest BCUT2D eigenvalue weighted by molar-refractivity contribution is 0.924. The summed E-state index contributed by atoms with van der Waals surface area (Å²) in [5, 5.41) is 2.98. The quantitative estimate of drug-likeness (QED) is 0.627. The molecule has 0 aliphatic carbocycles. The molecular formula is C13H10N4S3. The lowest BCUT2D eigenvalue weighted by Crippen LogP contribution is -2.00. The number of fused-ring (bicyclic) bond motifs is 2. The Balaban J connectivity index is 1.77. The SMILES string of the molecule is NCc1c(Sc2nc3ccccc3s2)nc2sccn12.